The lowest BCUT2D eigenvalue weighted by Gasteiger charge is -2.22. The van der Waals surface area contributed by atoms with Crippen LogP contribution < -0.4 is 0 Å². The molecule has 0 saturated carbocycles. The maximum Gasteiger partial charge on any atom is 0.255 e. The van der Waals surface area contributed by atoms with Crippen molar-refractivity contribution in [1.29, 1.82) is 0 Å². The van der Waals surface area contributed by atoms with E-state index >= 15 is 0 Å². The van der Waals surface area contributed by atoms with Gasteiger partial charge in [0.25, 0.3) is 5.91 Å². The minimum Gasteiger partial charge on any atom is -0.333 e. The van der Waals surface area contributed by atoms with Gasteiger partial charge in [0.1, 0.15) is 5.82 Å². The van der Waals surface area contributed by atoms with Crippen LogP contribution in [-0.4, -0.2) is 23.2 Å². The number of nitrogens with zero attached hydrogens (tertiary/aromatic N) is 1. The molecule has 0 fully saturated rings. The highest BCUT2D eigenvalue weighted by Gasteiger charge is 2.18. The highest BCUT2D eigenvalue weighted by molar-refractivity contribution is 6.33. The number of halogens is 3. The largest absolute Gasteiger partial charge is 0.333 e. The second-order valence-corrected chi connectivity index (χ2v) is 5.31. The van der Waals surface area contributed by atoms with E-state index < -0.39 is 5.82 Å². The molecule has 0 aliphatic carbocycles. The maximum absolute atomic E-state index is 13.1. The van der Waals surface area contributed by atoms with E-state index in [0.29, 0.717) is 19.0 Å². The minimum absolute atomic E-state index is 0.104. The van der Waals surface area contributed by atoms with Crippen LogP contribution >= 0.6 is 23.2 Å². The van der Waals surface area contributed by atoms with Crippen molar-refractivity contribution >= 4 is 29.1 Å². The summed E-state index contributed by atoms with van der Waals surface area (Å²) in [5.74, 6) is -0.412. The summed E-state index contributed by atoms with van der Waals surface area (Å²) in [7, 11) is 0. The third kappa shape index (κ3) is 4.19. The third-order valence-electron chi connectivity index (χ3n) is 3.02. The highest BCUT2D eigenvalue weighted by atomic mass is 35.5. The lowest BCUT2D eigenvalue weighted by atomic mass is 10.1. The van der Waals surface area contributed by atoms with Crippen molar-refractivity contribution in [3.63, 3.8) is 0 Å². The van der Waals surface area contributed by atoms with Crippen LogP contribution in [0.3, 0.4) is 0 Å². The summed E-state index contributed by atoms with van der Waals surface area (Å²) < 4.78 is 13.1. The Balaban J connectivity index is 2.23. The topological polar surface area (TPSA) is 20.3 Å². The van der Waals surface area contributed by atoms with Gasteiger partial charge in [-0.05, 0) is 23.8 Å². The van der Waals surface area contributed by atoms with Crippen LogP contribution in [0.5, 0.6) is 0 Å². The van der Waals surface area contributed by atoms with Gasteiger partial charge in [-0.2, -0.15) is 0 Å². The van der Waals surface area contributed by atoms with Crippen LogP contribution in [0.25, 0.3) is 0 Å². The Morgan fingerprint density at radius 2 is 1.86 bits per heavy atom. The van der Waals surface area contributed by atoms with Gasteiger partial charge in [0.05, 0.1) is 10.6 Å². The quantitative estimate of drug-likeness (QED) is 0.748. The number of rotatable bonds is 5. The van der Waals surface area contributed by atoms with E-state index in [0.717, 1.165) is 11.6 Å². The molecular formula is C16H14Cl2FNO. The van der Waals surface area contributed by atoms with Gasteiger partial charge in [-0.15, -0.1) is 11.6 Å². The Hall–Kier alpha value is -1.58. The molecule has 0 bridgehead atoms. The average Bonchev–Trinajstić information content (AvgIpc) is 2.47. The second kappa shape index (κ2) is 7.43. The molecule has 1 amide bonds. The van der Waals surface area contributed by atoms with E-state index in [1.54, 1.807) is 4.90 Å². The molecule has 0 aliphatic rings. The number of hydrogen-bond acceptors (Lipinski definition) is 1. The lowest BCUT2D eigenvalue weighted by Crippen LogP contribution is -2.32. The van der Waals surface area contributed by atoms with Crippen molar-refractivity contribution in [2.24, 2.45) is 0 Å². The van der Waals surface area contributed by atoms with E-state index in [-0.39, 0.29) is 16.5 Å². The first-order valence-corrected chi connectivity index (χ1v) is 7.37. The molecule has 0 radical (unpaired) electrons. The predicted molar refractivity (Wildman–Crippen MR) is 83.3 cm³/mol. The van der Waals surface area contributed by atoms with Gasteiger partial charge in [0.2, 0.25) is 0 Å². The fourth-order valence-electron chi connectivity index (χ4n) is 1.99. The van der Waals surface area contributed by atoms with Crippen LogP contribution in [0.2, 0.25) is 5.02 Å². The summed E-state index contributed by atoms with van der Waals surface area (Å²) in [4.78, 5) is 14.1. The normalized spacial score (nSPS) is 10.4. The number of benzene rings is 2. The van der Waals surface area contributed by atoms with E-state index in [1.165, 1.54) is 12.1 Å². The van der Waals surface area contributed by atoms with Crippen molar-refractivity contribution in [2.75, 3.05) is 12.4 Å². The number of alkyl halides is 1. The fourth-order valence-corrected chi connectivity index (χ4v) is 2.44. The fraction of sp³-hybridized carbons (Fsp3) is 0.188. The predicted octanol–water partition coefficient (Wildman–Crippen LogP) is 4.36. The summed E-state index contributed by atoms with van der Waals surface area (Å²) in [6.07, 6.45) is 0. The Morgan fingerprint density at radius 1 is 1.14 bits per heavy atom. The van der Waals surface area contributed by atoms with Gasteiger partial charge in [-0.1, -0.05) is 41.9 Å². The Kier molecular flexibility index (Phi) is 5.59. The molecule has 0 spiro atoms. The molecule has 5 heteroatoms. The monoisotopic (exact) mass is 325 g/mol. The summed E-state index contributed by atoms with van der Waals surface area (Å²) in [5, 5.41) is 0.104. The first kappa shape index (κ1) is 15.8. The maximum atomic E-state index is 13.1. The van der Waals surface area contributed by atoms with Crippen LogP contribution in [-0.2, 0) is 6.54 Å². The standard InChI is InChI=1S/C16H14Cl2FNO/c17-8-9-20(11-12-4-2-1-3-5-12)16(21)14-7-6-13(19)10-15(14)18/h1-7,10H,8-9,11H2. The molecule has 2 aromatic rings. The zero-order chi connectivity index (χ0) is 15.2. The van der Waals surface area contributed by atoms with Gasteiger partial charge >= 0.3 is 0 Å². The highest BCUT2D eigenvalue weighted by Crippen LogP contribution is 2.20. The van der Waals surface area contributed by atoms with Crippen LogP contribution in [0.1, 0.15) is 15.9 Å². The van der Waals surface area contributed by atoms with E-state index in [4.69, 9.17) is 23.2 Å². The minimum atomic E-state index is -0.469. The summed E-state index contributed by atoms with van der Waals surface area (Å²) >= 11 is 11.7. The van der Waals surface area contributed by atoms with Gasteiger partial charge in [-0.3, -0.25) is 4.79 Å². The first-order chi connectivity index (χ1) is 10.1. The van der Waals surface area contributed by atoms with Crippen molar-refractivity contribution < 1.29 is 9.18 Å². The zero-order valence-corrected chi connectivity index (χ0v) is 12.7. The molecule has 110 valence electrons. The van der Waals surface area contributed by atoms with Gasteiger partial charge in [-0.25, -0.2) is 4.39 Å². The van der Waals surface area contributed by atoms with E-state index in [9.17, 15) is 9.18 Å². The molecule has 2 rings (SSSR count). The molecular weight excluding hydrogens is 312 g/mol. The molecule has 0 atom stereocenters. The number of carbonyl (C=O) groups is 1. The molecule has 0 saturated heterocycles. The van der Waals surface area contributed by atoms with Crippen molar-refractivity contribution in [1.82, 2.24) is 4.90 Å². The summed E-state index contributed by atoms with van der Waals surface area (Å²) in [5.41, 5.74) is 1.27. The van der Waals surface area contributed by atoms with Gasteiger partial charge < -0.3 is 4.90 Å². The Bertz CT molecular complexity index is 619. The molecule has 0 aliphatic heterocycles. The molecule has 21 heavy (non-hydrogen) atoms. The zero-order valence-electron chi connectivity index (χ0n) is 11.2. The third-order valence-corrected chi connectivity index (χ3v) is 3.50. The Morgan fingerprint density at radius 3 is 2.48 bits per heavy atom. The van der Waals surface area contributed by atoms with Crippen molar-refractivity contribution in [3.05, 3.63) is 70.5 Å². The first-order valence-electron chi connectivity index (χ1n) is 6.46. The molecule has 2 nitrogen and oxygen atoms in total. The number of hydrogen-bond donors (Lipinski definition) is 0. The Labute approximate surface area is 133 Å². The van der Waals surface area contributed by atoms with Crippen molar-refractivity contribution in [3.8, 4) is 0 Å². The number of amides is 1. The SMILES string of the molecule is O=C(c1ccc(F)cc1Cl)N(CCCl)Cc1ccccc1. The number of carbonyl (C=O) groups excluding carboxylic acids is 1. The van der Waals surface area contributed by atoms with Crippen LogP contribution in [0, 0.1) is 5.82 Å². The molecule has 0 N–H and O–H groups in total. The average molecular weight is 326 g/mol. The van der Waals surface area contributed by atoms with Crippen LogP contribution in [0.4, 0.5) is 4.39 Å². The van der Waals surface area contributed by atoms with Crippen LogP contribution in [0.15, 0.2) is 48.5 Å². The molecule has 0 aromatic heterocycles. The van der Waals surface area contributed by atoms with Crippen molar-refractivity contribution in [2.45, 2.75) is 6.54 Å². The lowest BCUT2D eigenvalue weighted by molar-refractivity contribution is 0.0754. The van der Waals surface area contributed by atoms with Gasteiger partial charge in [0, 0.05) is 19.0 Å². The molecule has 2 aromatic carbocycles. The molecule has 0 heterocycles. The smallest absolute Gasteiger partial charge is 0.255 e. The van der Waals surface area contributed by atoms with E-state index in [2.05, 4.69) is 0 Å². The summed E-state index contributed by atoms with van der Waals surface area (Å²) in [6.45, 7) is 0.823. The van der Waals surface area contributed by atoms with Gasteiger partial charge in [0.15, 0.2) is 0 Å². The second-order valence-electron chi connectivity index (χ2n) is 4.53. The summed E-state index contributed by atoms with van der Waals surface area (Å²) in [6, 6.07) is 13.3. The van der Waals surface area contributed by atoms with E-state index in [1.807, 2.05) is 30.3 Å². The molecule has 0 unspecified atom stereocenters.